The van der Waals surface area contributed by atoms with E-state index >= 15 is 0 Å². The number of furan rings is 1. The van der Waals surface area contributed by atoms with E-state index in [0.29, 0.717) is 6.42 Å². The van der Waals surface area contributed by atoms with Crippen LogP contribution in [0.2, 0.25) is 0 Å². The lowest BCUT2D eigenvalue weighted by Crippen LogP contribution is -2.48. The van der Waals surface area contributed by atoms with Gasteiger partial charge in [0, 0.05) is 12.5 Å². The van der Waals surface area contributed by atoms with Crippen molar-refractivity contribution in [2.45, 2.75) is 33.2 Å². The van der Waals surface area contributed by atoms with Crippen molar-refractivity contribution in [3.05, 3.63) is 24.2 Å². The first-order valence-electron chi connectivity index (χ1n) is 5.47. The van der Waals surface area contributed by atoms with Gasteiger partial charge in [0.25, 0.3) is 0 Å². The number of nitrogens with one attached hydrogen (secondary N) is 1. The van der Waals surface area contributed by atoms with Gasteiger partial charge in [-0.05, 0) is 32.9 Å². The van der Waals surface area contributed by atoms with Gasteiger partial charge in [0.2, 0.25) is 5.91 Å². The second-order valence-corrected chi connectivity index (χ2v) is 5.09. The van der Waals surface area contributed by atoms with Crippen molar-refractivity contribution in [2.75, 3.05) is 0 Å². The van der Waals surface area contributed by atoms with E-state index in [0.717, 1.165) is 5.76 Å². The molecule has 1 amide bonds. The summed E-state index contributed by atoms with van der Waals surface area (Å²) in [4.78, 5) is 12.1. The van der Waals surface area contributed by atoms with E-state index in [2.05, 4.69) is 5.32 Å². The summed E-state index contributed by atoms with van der Waals surface area (Å²) in [5, 5.41) is 2.87. The molecule has 0 bridgehead atoms. The minimum atomic E-state index is -0.827. The number of thiocarbonyl (C=S) groups is 1. The van der Waals surface area contributed by atoms with Crippen molar-refractivity contribution in [2.24, 2.45) is 11.1 Å². The van der Waals surface area contributed by atoms with E-state index in [1.54, 1.807) is 20.1 Å². The third-order valence-corrected chi connectivity index (χ3v) is 3.16. The molecule has 17 heavy (non-hydrogen) atoms. The van der Waals surface area contributed by atoms with Crippen LogP contribution in [0.1, 0.15) is 26.5 Å². The van der Waals surface area contributed by atoms with Gasteiger partial charge >= 0.3 is 0 Å². The Morgan fingerprint density at radius 3 is 2.76 bits per heavy atom. The predicted octanol–water partition coefficient (Wildman–Crippen LogP) is 1.64. The Labute approximate surface area is 107 Å². The average molecular weight is 254 g/mol. The fraction of sp³-hybridized carbons (Fsp3) is 0.500. The Morgan fingerprint density at radius 2 is 2.29 bits per heavy atom. The van der Waals surface area contributed by atoms with Crippen molar-refractivity contribution >= 4 is 23.1 Å². The SMILES string of the molecule is CC(Cc1ccco1)NC(=O)C(C)(C)C(N)=S. The largest absolute Gasteiger partial charge is 0.469 e. The molecule has 0 saturated heterocycles. The van der Waals surface area contributed by atoms with Crippen LogP contribution < -0.4 is 11.1 Å². The number of carbonyl (C=O) groups is 1. The zero-order valence-corrected chi connectivity index (χ0v) is 11.1. The summed E-state index contributed by atoms with van der Waals surface area (Å²) in [6, 6.07) is 3.67. The van der Waals surface area contributed by atoms with Crippen molar-refractivity contribution < 1.29 is 9.21 Å². The molecule has 0 aliphatic heterocycles. The molecule has 3 N–H and O–H groups in total. The average Bonchev–Trinajstić information content (AvgIpc) is 2.69. The van der Waals surface area contributed by atoms with Crippen molar-refractivity contribution in [3.63, 3.8) is 0 Å². The van der Waals surface area contributed by atoms with Crippen LogP contribution in [-0.2, 0) is 11.2 Å². The van der Waals surface area contributed by atoms with E-state index in [1.807, 2.05) is 19.1 Å². The molecule has 0 aromatic carbocycles. The molecule has 1 heterocycles. The Balaban J connectivity index is 2.54. The number of carbonyl (C=O) groups excluding carboxylic acids is 1. The molecule has 1 atom stereocenters. The Morgan fingerprint density at radius 1 is 1.65 bits per heavy atom. The molecule has 1 aromatic heterocycles. The molecular weight excluding hydrogens is 236 g/mol. The molecule has 4 nitrogen and oxygen atoms in total. The first-order chi connectivity index (χ1) is 7.84. The minimum Gasteiger partial charge on any atom is -0.469 e. The van der Waals surface area contributed by atoms with Gasteiger partial charge in [-0.2, -0.15) is 0 Å². The van der Waals surface area contributed by atoms with Gasteiger partial charge in [0.15, 0.2) is 0 Å². The third kappa shape index (κ3) is 3.56. The van der Waals surface area contributed by atoms with Crippen LogP contribution >= 0.6 is 12.2 Å². The van der Waals surface area contributed by atoms with Crippen molar-refractivity contribution in [1.82, 2.24) is 5.32 Å². The van der Waals surface area contributed by atoms with Crippen LogP contribution in [0.3, 0.4) is 0 Å². The van der Waals surface area contributed by atoms with E-state index in [4.69, 9.17) is 22.4 Å². The molecule has 0 radical (unpaired) electrons. The molecule has 0 saturated carbocycles. The number of hydrogen-bond acceptors (Lipinski definition) is 3. The summed E-state index contributed by atoms with van der Waals surface area (Å²) in [5.74, 6) is 0.676. The molecule has 0 fully saturated rings. The molecule has 1 rings (SSSR count). The second kappa shape index (κ2) is 5.31. The quantitative estimate of drug-likeness (QED) is 0.784. The fourth-order valence-corrected chi connectivity index (χ4v) is 1.39. The van der Waals surface area contributed by atoms with Crippen LogP contribution in [-0.4, -0.2) is 16.9 Å². The highest BCUT2D eigenvalue weighted by atomic mass is 32.1. The van der Waals surface area contributed by atoms with Gasteiger partial charge in [0.05, 0.1) is 16.7 Å². The van der Waals surface area contributed by atoms with Crippen molar-refractivity contribution in [3.8, 4) is 0 Å². The van der Waals surface area contributed by atoms with Gasteiger partial charge < -0.3 is 15.5 Å². The predicted molar refractivity (Wildman–Crippen MR) is 70.6 cm³/mol. The summed E-state index contributed by atoms with van der Waals surface area (Å²) < 4.78 is 5.22. The topological polar surface area (TPSA) is 68.3 Å². The maximum absolute atomic E-state index is 11.9. The highest BCUT2D eigenvalue weighted by Gasteiger charge is 2.31. The zero-order valence-electron chi connectivity index (χ0n) is 10.3. The number of hydrogen-bond donors (Lipinski definition) is 2. The summed E-state index contributed by atoms with van der Waals surface area (Å²) >= 11 is 4.88. The van der Waals surface area contributed by atoms with Crippen LogP contribution in [0.15, 0.2) is 22.8 Å². The third-order valence-electron chi connectivity index (χ3n) is 2.65. The first-order valence-corrected chi connectivity index (χ1v) is 5.88. The number of rotatable bonds is 5. The lowest BCUT2D eigenvalue weighted by Gasteiger charge is -2.24. The Hall–Kier alpha value is -1.36. The minimum absolute atomic E-state index is 0.0257. The van der Waals surface area contributed by atoms with E-state index in [1.165, 1.54) is 0 Å². The molecule has 94 valence electrons. The summed E-state index contributed by atoms with van der Waals surface area (Å²) in [7, 11) is 0. The van der Waals surface area contributed by atoms with E-state index in [-0.39, 0.29) is 16.9 Å². The Kier molecular flexibility index (Phi) is 4.28. The van der Waals surface area contributed by atoms with E-state index in [9.17, 15) is 4.79 Å². The van der Waals surface area contributed by atoms with Crippen molar-refractivity contribution in [1.29, 1.82) is 0 Å². The zero-order chi connectivity index (χ0) is 13.1. The number of amides is 1. The van der Waals surface area contributed by atoms with Crippen LogP contribution in [0.5, 0.6) is 0 Å². The standard InChI is InChI=1S/C12H18N2O2S/c1-8(7-9-5-4-6-16-9)14-11(15)12(2,3)10(13)17/h4-6,8H,7H2,1-3H3,(H2,13,17)(H,14,15). The molecule has 0 spiro atoms. The van der Waals surface area contributed by atoms with Gasteiger partial charge in [-0.1, -0.05) is 12.2 Å². The van der Waals surface area contributed by atoms with Gasteiger partial charge in [-0.15, -0.1) is 0 Å². The summed E-state index contributed by atoms with van der Waals surface area (Å²) in [5.41, 5.74) is 4.71. The maximum Gasteiger partial charge on any atom is 0.232 e. The van der Waals surface area contributed by atoms with Gasteiger partial charge in [0.1, 0.15) is 5.76 Å². The summed E-state index contributed by atoms with van der Waals surface area (Å²) in [6.07, 6.45) is 2.26. The van der Waals surface area contributed by atoms with Crippen LogP contribution in [0.4, 0.5) is 0 Å². The Bertz CT molecular complexity index is 399. The summed E-state index contributed by atoms with van der Waals surface area (Å²) in [6.45, 7) is 5.34. The van der Waals surface area contributed by atoms with Gasteiger partial charge in [-0.3, -0.25) is 4.79 Å². The van der Waals surface area contributed by atoms with E-state index < -0.39 is 5.41 Å². The maximum atomic E-state index is 11.9. The normalized spacial score (nSPS) is 13.1. The monoisotopic (exact) mass is 254 g/mol. The lowest BCUT2D eigenvalue weighted by atomic mass is 9.92. The first kappa shape index (κ1) is 13.7. The highest BCUT2D eigenvalue weighted by Crippen LogP contribution is 2.16. The highest BCUT2D eigenvalue weighted by molar-refractivity contribution is 7.80. The number of nitrogens with two attached hydrogens (primary N) is 1. The molecule has 5 heteroatoms. The molecule has 1 aromatic rings. The molecule has 1 unspecified atom stereocenters. The van der Waals surface area contributed by atoms with Crippen LogP contribution in [0.25, 0.3) is 0 Å². The molecule has 0 aliphatic carbocycles. The smallest absolute Gasteiger partial charge is 0.232 e. The second-order valence-electron chi connectivity index (χ2n) is 4.65. The van der Waals surface area contributed by atoms with Crippen LogP contribution in [0, 0.1) is 5.41 Å². The molecular formula is C12H18N2O2S. The lowest BCUT2D eigenvalue weighted by molar-refractivity contribution is -0.126. The molecule has 0 aliphatic rings. The van der Waals surface area contributed by atoms with Gasteiger partial charge in [-0.25, -0.2) is 0 Å². The fourth-order valence-electron chi connectivity index (χ4n) is 1.30.